The second kappa shape index (κ2) is 11.8. The highest BCUT2D eigenvalue weighted by Gasteiger charge is 2.31. The van der Waals surface area contributed by atoms with Crippen molar-refractivity contribution in [2.24, 2.45) is 10.9 Å². The topological polar surface area (TPSA) is 88.5 Å². The van der Waals surface area contributed by atoms with Gasteiger partial charge >= 0.3 is 0 Å². The number of nitrogens with zero attached hydrogens (tertiary/aromatic N) is 3. The largest absolute Gasteiger partial charge is 0.376 e. The first-order valence-corrected chi connectivity index (χ1v) is 13.3. The molecule has 1 aromatic rings. The van der Waals surface area contributed by atoms with E-state index in [0.29, 0.717) is 76.4 Å². The Balaban J connectivity index is 1.20. The Morgan fingerprint density at radius 1 is 1.11 bits per heavy atom. The lowest BCUT2D eigenvalue weighted by Gasteiger charge is -2.34. The zero-order chi connectivity index (χ0) is 25.8. The van der Waals surface area contributed by atoms with Crippen LogP contribution >= 0.6 is 0 Å². The smallest absolute Gasteiger partial charge is 0.237 e. The number of amides is 1. The molecule has 0 aromatic heterocycles. The van der Waals surface area contributed by atoms with Crippen molar-refractivity contribution in [2.45, 2.75) is 44.6 Å². The molecule has 1 atom stereocenters. The second-order valence-electron chi connectivity index (χ2n) is 10.3. The summed E-state index contributed by atoms with van der Waals surface area (Å²) in [5.41, 5.74) is 2.73. The molecule has 0 spiro atoms. The van der Waals surface area contributed by atoms with Crippen molar-refractivity contribution in [2.75, 3.05) is 52.5 Å². The van der Waals surface area contributed by atoms with Crippen LogP contribution in [0.25, 0.3) is 0 Å². The Kier molecular flexibility index (Phi) is 8.22. The quantitative estimate of drug-likeness (QED) is 0.499. The van der Waals surface area contributed by atoms with Crippen molar-refractivity contribution in [3.63, 3.8) is 0 Å². The summed E-state index contributed by atoms with van der Waals surface area (Å²) >= 11 is 0. The van der Waals surface area contributed by atoms with Crippen LogP contribution in [-0.4, -0.2) is 91.6 Å². The number of piperidine rings is 1. The summed E-state index contributed by atoms with van der Waals surface area (Å²) < 4.78 is 24.4. The highest BCUT2D eigenvalue weighted by molar-refractivity contribution is 6.13. The predicted molar refractivity (Wildman–Crippen MR) is 135 cm³/mol. The van der Waals surface area contributed by atoms with E-state index in [2.05, 4.69) is 4.90 Å². The van der Waals surface area contributed by atoms with Gasteiger partial charge in [0.15, 0.2) is 11.6 Å². The second-order valence-corrected chi connectivity index (χ2v) is 10.3. The number of halogens is 1. The average Bonchev–Trinajstić information content (AvgIpc) is 3.42. The van der Waals surface area contributed by atoms with E-state index in [1.54, 1.807) is 4.90 Å². The molecular weight excluding hydrogens is 477 g/mol. The third-order valence-electron chi connectivity index (χ3n) is 7.69. The highest BCUT2D eigenvalue weighted by atomic mass is 19.1. The normalized spacial score (nSPS) is 23.1. The molecule has 0 aliphatic carbocycles. The number of benzene rings is 1. The summed E-state index contributed by atoms with van der Waals surface area (Å²) in [5, 5.41) is 0. The van der Waals surface area contributed by atoms with Gasteiger partial charge in [-0.2, -0.15) is 0 Å². The van der Waals surface area contributed by atoms with Gasteiger partial charge < -0.3 is 14.4 Å². The minimum absolute atomic E-state index is 0.000709. The molecule has 8 nitrogen and oxygen atoms in total. The predicted octanol–water partition coefficient (Wildman–Crippen LogP) is 2.82. The number of carbonyl (C=O) groups is 3. The van der Waals surface area contributed by atoms with Gasteiger partial charge in [-0.1, -0.05) is 0 Å². The summed E-state index contributed by atoms with van der Waals surface area (Å²) in [6.07, 6.45) is 4.06. The minimum atomic E-state index is -0.356. The molecule has 0 saturated carbocycles. The Bertz CT molecular complexity index is 1090. The van der Waals surface area contributed by atoms with E-state index in [9.17, 15) is 18.8 Å². The van der Waals surface area contributed by atoms with Gasteiger partial charge in [0.2, 0.25) is 5.91 Å². The molecule has 0 bridgehead atoms. The molecule has 1 amide bonds. The van der Waals surface area contributed by atoms with E-state index in [-0.39, 0.29) is 48.3 Å². The molecule has 37 heavy (non-hydrogen) atoms. The molecule has 0 radical (unpaired) electrons. The van der Waals surface area contributed by atoms with Crippen molar-refractivity contribution < 1.29 is 28.2 Å². The lowest BCUT2D eigenvalue weighted by atomic mass is 9.89. The first-order chi connectivity index (χ1) is 18.0. The molecule has 0 N–H and O–H groups in total. The van der Waals surface area contributed by atoms with Crippen molar-refractivity contribution in [1.82, 2.24) is 9.80 Å². The summed E-state index contributed by atoms with van der Waals surface area (Å²) in [6.45, 7) is 3.94. The summed E-state index contributed by atoms with van der Waals surface area (Å²) in [7, 11) is 0. The molecule has 198 valence electrons. The van der Waals surface area contributed by atoms with Gasteiger partial charge in [-0.15, -0.1) is 0 Å². The van der Waals surface area contributed by atoms with Gasteiger partial charge in [0.1, 0.15) is 5.82 Å². The lowest BCUT2D eigenvalue weighted by molar-refractivity contribution is -0.133. The molecule has 4 heterocycles. The first-order valence-electron chi connectivity index (χ1n) is 13.3. The van der Waals surface area contributed by atoms with Crippen molar-refractivity contribution in [3.8, 4) is 0 Å². The molecule has 4 aliphatic rings. The van der Waals surface area contributed by atoms with Crippen LogP contribution in [0.3, 0.4) is 0 Å². The van der Waals surface area contributed by atoms with E-state index >= 15 is 0 Å². The van der Waals surface area contributed by atoms with Gasteiger partial charge in [0, 0.05) is 42.3 Å². The van der Waals surface area contributed by atoms with Crippen molar-refractivity contribution in [3.05, 3.63) is 46.9 Å². The zero-order valence-electron chi connectivity index (χ0n) is 21.1. The standard InChI is InChI=1S/C28H34FN3O5/c29-21-5-3-19(4-6-21)28(35)20-7-10-31(11-8-20)17-27(34)32(16-23-2-1-12-37-23)15-22-14-26(33)24-18-36-13-9-25(24)30-22/h3-6,20,23H,1-2,7-18H2/t23-/m1/s1. The molecule has 0 unspecified atom stereocenters. The van der Waals surface area contributed by atoms with Crippen LogP contribution in [0, 0.1) is 11.7 Å². The van der Waals surface area contributed by atoms with Crippen LogP contribution in [0.15, 0.2) is 40.5 Å². The van der Waals surface area contributed by atoms with Gasteiger partial charge in [-0.05, 0) is 63.0 Å². The van der Waals surface area contributed by atoms with Gasteiger partial charge in [-0.3, -0.25) is 24.3 Å². The number of ketones is 2. The maximum absolute atomic E-state index is 13.5. The van der Waals surface area contributed by atoms with Crippen LogP contribution in [0.5, 0.6) is 0 Å². The molecular formula is C28H34FN3O5. The monoisotopic (exact) mass is 511 g/mol. The average molecular weight is 512 g/mol. The molecule has 1 aromatic carbocycles. The Hall–Kier alpha value is -2.75. The Morgan fingerprint density at radius 3 is 2.62 bits per heavy atom. The number of aliphatic imine (C=N–C) groups is 1. The number of ether oxygens (including phenoxy) is 2. The maximum Gasteiger partial charge on any atom is 0.237 e. The minimum Gasteiger partial charge on any atom is -0.376 e. The molecule has 5 rings (SSSR count). The van der Waals surface area contributed by atoms with Crippen molar-refractivity contribution in [1.29, 1.82) is 0 Å². The number of likely N-dealkylation sites (tertiary alicyclic amines) is 1. The van der Waals surface area contributed by atoms with Crippen LogP contribution in [0.1, 0.15) is 48.9 Å². The maximum atomic E-state index is 13.5. The summed E-state index contributed by atoms with van der Waals surface area (Å²) in [4.78, 5) is 47.6. The highest BCUT2D eigenvalue weighted by Crippen LogP contribution is 2.25. The number of hydrogen-bond acceptors (Lipinski definition) is 7. The van der Waals surface area contributed by atoms with Crippen LogP contribution in [-0.2, 0) is 19.1 Å². The first kappa shape index (κ1) is 25.9. The summed E-state index contributed by atoms with van der Waals surface area (Å²) in [6, 6.07) is 5.70. The lowest BCUT2D eigenvalue weighted by Crippen LogP contribution is -2.48. The number of carbonyl (C=O) groups excluding carboxylic acids is 3. The zero-order valence-corrected chi connectivity index (χ0v) is 21.1. The SMILES string of the molecule is O=C1CC(CN(C[C@H]2CCCO2)C(=O)CN2CCC(C(=O)c3ccc(F)cc3)CC2)=NC2=C1COCC2. The van der Waals surface area contributed by atoms with E-state index in [1.807, 2.05) is 0 Å². The van der Waals surface area contributed by atoms with Gasteiger partial charge in [0.05, 0.1) is 44.5 Å². The fraction of sp³-hybridized carbons (Fsp3) is 0.571. The van der Waals surface area contributed by atoms with E-state index in [0.717, 1.165) is 24.3 Å². The van der Waals surface area contributed by atoms with Gasteiger partial charge in [-0.25, -0.2) is 4.39 Å². The Labute approximate surface area is 216 Å². The van der Waals surface area contributed by atoms with Gasteiger partial charge in [0.25, 0.3) is 0 Å². The fourth-order valence-corrected chi connectivity index (χ4v) is 5.56. The third-order valence-corrected chi connectivity index (χ3v) is 7.69. The number of Topliss-reactive ketones (excluding diaryl/α,β-unsaturated/α-hetero) is 2. The molecule has 2 fully saturated rings. The van der Waals surface area contributed by atoms with E-state index in [4.69, 9.17) is 14.5 Å². The number of rotatable bonds is 8. The number of hydrogen-bond donors (Lipinski definition) is 0. The molecule has 4 aliphatic heterocycles. The van der Waals surface area contributed by atoms with Crippen molar-refractivity contribution >= 4 is 23.2 Å². The summed E-state index contributed by atoms with van der Waals surface area (Å²) in [5.74, 6) is -0.416. The van der Waals surface area contributed by atoms with Crippen LogP contribution in [0.2, 0.25) is 0 Å². The Morgan fingerprint density at radius 2 is 1.89 bits per heavy atom. The molecule has 9 heteroatoms. The van der Waals surface area contributed by atoms with Crippen LogP contribution in [0.4, 0.5) is 4.39 Å². The van der Waals surface area contributed by atoms with E-state index in [1.165, 1.54) is 24.3 Å². The fourth-order valence-electron chi connectivity index (χ4n) is 5.56. The van der Waals surface area contributed by atoms with Crippen LogP contribution < -0.4 is 0 Å². The van der Waals surface area contributed by atoms with E-state index < -0.39 is 0 Å². The third kappa shape index (κ3) is 6.40. The molecule has 2 saturated heterocycles.